The van der Waals surface area contributed by atoms with Gasteiger partial charge in [0.1, 0.15) is 17.6 Å². The molecule has 0 saturated heterocycles. The van der Waals surface area contributed by atoms with E-state index in [-0.39, 0.29) is 17.1 Å². The van der Waals surface area contributed by atoms with E-state index in [1.54, 1.807) is 42.5 Å². The molecule has 0 aliphatic heterocycles. The number of Topliss-reactive ketones (excluding diaryl/α,β-unsaturated/α-hetero) is 1. The highest BCUT2D eigenvalue weighted by Crippen LogP contribution is 2.19. The number of aromatic nitrogens is 1. The number of carbonyl (C=O) groups is 2. The van der Waals surface area contributed by atoms with Crippen LogP contribution >= 0.6 is 0 Å². The van der Waals surface area contributed by atoms with Crippen molar-refractivity contribution in [2.45, 2.75) is 13.0 Å². The van der Waals surface area contributed by atoms with Crippen LogP contribution in [0.5, 0.6) is 5.75 Å². The normalized spacial score (nSPS) is 12.1. The Morgan fingerprint density at radius 3 is 2.52 bits per heavy atom. The second-order valence-corrected chi connectivity index (χ2v) is 5.04. The molecule has 0 fully saturated rings. The van der Waals surface area contributed by atoms with E-state index in [0.29, 0.717) is 0 Å². The van der Waals surface area contributed by atoms with Gasteiger partial charge in [0.15, 0.2) is 17.8 Å². The second-order valence-electron chi connectivity index (χ2n) is 5.04. The van der Waals surface area contributed by atoms with Crippen molar-refractivity contribution in [1.29, 1.82) is 10.5 Å². The molecule has 25 heavy (non-hydrogen) atoms. The van der Waals surface area contributed by atoms with E-state index in [0.717, 1.165) is 0 Å². The van der Waals surface area contributed by atoms with Crippen LogP contribution in [0.2, 0.25) is 0 Å². The van der Waals surface area contributed by atoms with Crippen LogP contribution < -0.4 is 10.1 Å². The number of benzene rings is 1. The van der Waals surface area contributed by atoms with Crippen LogP contribution in [0.4, 0.5) is 5.82 Å². The average Bonchev–Trinajstić information content (AvgIpc) is 2.63. The number of amides is 1. The summed E-state index contributed by atoms with van der Waals surface area (Å²) in [5, 5.41) is 20.7. The van der Waals surface area contributed by atoms with Crippen LogP contribution in [0, 0.1) is 28.6 Å². The first-order valence-corrected chi connectivity index (χ1v) is 7.38. The van der Waals surface area contributed by atoms with Gasteiger partial charge in [-0.2, -0.15) is 10.5 Å². The fourth-order valence-corrected chi connectivity index (χ4v) is 2.03. The molecule has 0 unspecified atom stereocenters. The Bertz CT molecular complexity index is 853. The Hall–Kier alpha value is -3.71. The largest absolute Gasteiger partial charge is 0.482 e. The third-order valence-corrected chi connectivity index (χ3v) is 3.30. The smallest absolute Gasteiger partial charge is 0.250 e. The molecule has 0 radical (unpaired) electrons. The molecule has 0 saturated carbocycles. The maximum absolute atomic E-state index is 12.4. The Labute approximate surface area is 144 Å². The van der Waals surface area contributed by atoms with Crippen LogP contribution in [0.15, 0.2) is 48.7 Å². The fourth-order valence-electron chi connectivity index (χ4n) is 2.03. The summed E-state index contributed by atoms with van der Waals surface area (Å²) in [6, 6.07) is 14.9. The monoisotopic (exact) mass is 334 g/mol. The van der Waals surface area contributed by atoms with E-state index >= 15 is 0 Å². The van der Waals surface area contributed by atoms with E-state index < -0.39 is 23.7 Å². The average molecular weight is 334 g/mol. The van der Waals surface area contributed by atoms with Gasteiger partial charge in [0.2, 0.25) is 0 Å². The van der Waals surface area contributed by atoms with Crippen molar-refractivity contribution in [2.75, 3.05) is 5.32 Å². The predicted octanol–water partition coefficient (Wildman–Crippen LogP) is 2.07. The number of carbonyl (C=O) groups excluding carboxylic acids is 2. The Kier molecular flexibility index (Phi) is 5.81. The molecule has 0 bridgehead atoms. The van der Waals surface area contributed by atoms with E-state index in [9.17, 15) is 14.9 Å². The molecule has 2 aromatic rings. The van der Waals surface area contributed by atoms with E-state index in [2.05, 4.69) is 10.3 Å². The number of anilines is 1. The van der Waals surface area contributed by atoms with Crippen molar-refractivity contribution < 1.29 is 14.3 Å². The van der Waals surface area contributed by atoms with Gasteiger partial charge in [0.25, 0.3) is 5.91 Å². The van der Waals surface area contributed by atoms with Crippen LogP contribution in [0.3, 0.4) is 0 Å². The number of hydrogen-bond donors (Lipinski definition) is 1. The van der Waals surface area contributed by atoms with Crippen LogP contribution in [0.25, 0.3) is 0 Å². The summed E-state index contributed by atoms with van der Waals surface area (Å²) in [4.78, 5) is 28.5. The lowest BCUT2D eigenvalue weighted by Crippen LogP contribution is -2.37. The number of nitriles is 2. The molecule has 2 atom stereocenters. The standard InChI is InChI=1S/C18H14N4O3/c1-12(25-15-7-3-2-6-13(15)10-19)17(23)14(11-20)18(24)22-16-8-4-5-9-21-16/h2-9,12,14H,1H3,(H,21,22,24)/t12-,14+/m1/s1. The minimum absolute atomic E-state index is 0.215. The molecule has 0 aliphatic rings. The summed E-state index contributed by atoms with van der Waals surface area (Å²) in [6.07, 6.45) is 0.400. The number of rotatable bonds is 6. The van der Waals surface area contributed by atoms with Gasteiger partial charge in [-0.1, -0.05) is 18.2 Å². The molecule has 1 aromatic heterocycles. The van der Waals surface area contributed by atoms with Crippen molar-refractivity contribution >= 4 is 17.5 Å². The number of hydrogen-bond acceptors (Lipinski definition) is 6. The van der Waals surface area contributed by atoms with Crippen molar-refractivity contribution in [2.24, 2.45) is 5.92 Å². The second kappa shape index (κ2) is 8.23. The minimum atomic E-state index is -1.55. The SMILES string of the molecule is C[C@@H](Oc1ccccc1C#N)C(=O)[C@H](C#N)C(=O)Nc1ccccn1. The Balaban J connectivity index is 2.09. The molecular formula is C18H14N4O3. The van der Waals surface area contributed by atoms with E-state index in [1.165, 1.54) is 19.2 Å². The maximum Gasteiger partial charge on any atom is 0.250 e. The lowest BCUT2D eigenvalue weighted by molar-refractivity contribution is -0.133. The van der Waals surface area contributed by atoms with Gasteiger partial charge in [-0.05, 0) is 31.2 Å². The van der Waals surface area contributed by atoms with Gasteiger partial charge in [-0.3, -0.25) is 9.59 Å². The molecule has 1 N–H and O–H groups in total. The summed E-state index contributed by atoms with van der Waals surface area (Å²) in [5.74, 6) is -2.58. The predicted molar refractivity (Wildman–Crippen MR) is 88.2 cm³/mol. The van der Waals surface area contributed by atoms with Crippen molar-refractivity contribution in [3.05, 3.63) is 54.2 Å². The maximum atomic E-state index is 12.4. The molecule has 1 amide bonds. The third kappa shape index (κ3) is 4.40. The molecule has 7 heteroatoms. The first-order chi connectivity index (χ1) is 12.1. The van der Waals surface area contributed by atoms with Crippen molar-refractivity contribution in [3.8, 4) is 17.9 Å². The van der Waals surface area contributed by atoms with Gasteiger partial charge in [-0.15, -0.1) is 0 Å². The molecule has 1 heterocycles. The van der Waals surface area contributed by atoms with Gasteiger partial charge in [0.05, 0.1) is 11.6 Å². The number of ketones is 1. The molecule has 2 rings (SSSR count). The summed E-state index contributed by atoms with van der Waals surface area (Å²) in [7, 11) is 0. The zero-order chi connectivity index (χ0) is 18.2. The zero-order valence-electron chi connectivity index (χ0n) is 13.3. The first kappa shape index (κ1) is 17.6. The molecule has 7 nitrogen and oxygen atoms in total. The Morgan fingerprint density at radius 1 is 1.16 bits per heavy atom. The van der Waals surface area contributed by atoms with E-state index in [1.807, 2.05) is 6.07 Å². The van der Waals surface area contributed by atoms with Gasteiger partial charge < -0.3 is 10.1 Å². The highest BCUT2D eigenvalue weighted by molar-refractivity contribution is 6.10. The summed E-state index contributed by atoms with van der Waals surface area (Å²) >= 11 is 0. The highest BCUT2D eigenvalue weighted by atomic mass is 16.5. The fraction of sp³-hybridized carbons (Fsp3) is 0.167. The lowest BCUT2D eigenvalue weighted by Gasteiger charge is -2.17. The molecule has 0 aliphatic carbocycles. The van der Waals surface area contributed by atoms with Crippen molar-refractivity contribution in [1.82, 2.24) is 4.98 Å². The van der Waals surface area contributed by atoms with Crippen LogP contribution in [-0.4, -0.2) is 22.8 Å². The lowest BCUT2D eigenvalue weighted by atomic mass is 10.0. The topological polar surface area (TPSA) is 116 Å². The zero-order valence-corrected chi connectivity index (χ0v) is 13.3. The van der Waals surface area contributed by atoms with Crippen LogP contribution in [-0.2, 0) is 9.59 Å². The molecular weight excluding hydrogens is 320 g/mol. The number of pyridine rings is 1. The van der Waals surface area contributed by atoms with Gasteiger partial charge in [0, 0.05) is 6.20 Å². The number of nitrogens with zero attached hydrogens (tertiary/aromatic N) is 3. The first-order valence-electron chi connectivity index (χ1n) is 7.38. The number of para-hydroxylation sites is 1. The molecule has 124 valence electrons. The van der Waals surface area contributed by atoms with Gasteiger partial charge >= 0.3 is 0 Å². The third-order valence-electron chi connectivity index (χ3n) is 3.30. The van der Waals surface area contributed by atoms with E-state index in [4.69, 9.17) is 10.00 Å². The summed E-state index contributed by atoms with van der Waals surface area (Å²) < 4.78 is 5.46. The highest BCUT2D eigenvalue weighted by Gasteiger charge is 2.32. The molecule has 1 aromatic carbocycles. The summed E-state index contributed by atoms with van der Waals surface area (Å²) in [6.45, 7) is 1.43. The van der Waals surface area contributed by atoms with Gasteiger partial charge in [-0.25, -0.2) is 4.98 Å². The summed E-state index contributed by atoms with van der Waals surface area (Å²) in [5.41, 5.74) is 0.258. The quantitative estimate of drug-likeness (QED) is 0.808. The number of ether oxygens (including phenoxy) is 1. The minimum Gasteiger partial charge on any atom is -0.482 e. The van der Waals surface area contributed by atoms with Crippen LogP contribution in [0.1, 0.15) is 12.5 Å². The Morgan fingerprint density at radius 2 is 1.88 bits per heavy atom. The molecule has 0 spiro atoms. The number of nitrogens with one attached hydrogen (secondary N) is 1. The van der Waals surface area contributed by atoms with Crippen molar-refractivity contribution in [3.63, 3.8) is 0 Å².